The van der Waals surface area contributed by atoms with Crippen LogP contribution in [-0.2, 0) is 0 Å². The fraction of sp³-hybridized carbons (Fsp3) is 0.429. The lowest BCUT2D eigenvalue weighted by atomic mass is 10.0. The minimum atomic E-state index is -0.592. The van der Waals surface area contributed by atoms with Crippen LogP contribution in [0.1, 0.15) is 114 Å². The van der Waals surface area contributed by atoms with Crippen LogP contribution in [0.2, 0.25) is 0 Å². The van der Waals surface area contributed by atoms with E-state index in [1.165, 1.54) is 61.3 Å². The number of halogens is 2. The van der Waals surface area contributed by atoms with E-state index in [1.807, 2.05) is 40.7 Å². The molecule has 0 aliphatic heterocycles. The zero-order chi connectivity index (χ0) is 36.3. The number of hydrogen-bond donors (Lipinski definition) is 1. The molecule has 1 rings (SSSR count). The Balaban J connectivity index is -0.000000189. The second kappa shape index (κ2) is 38.9. The number of hydrogen-bond acceptors (Lipinski definition) is 3. The molecule has 0 aromatic heterocycles. The zero-order valence-electron chi connectivity index (χ0n) is 30.9. The minimum absolute atomic E-state index is 0. The first-order valence-corrected chi connectivity index (χ1v) is 17.4. The van der Waals surface area contributed by atoms with Gasteiger partial charge in [0, 0.05) is 29.4 Å². The third-order valence-corrected chi connectivity index (χ3v) is 6.40. The lowest BCUT2D eigenvalue weighted by molar-refractivity contribution is 0.355. The van der Waals surface area contributed by atoms with Crippen LogP contribution in [-0.4, -0.2) is 18.0 Å². The Morgan fingerprint density at radius 1 is 0.851 bits per heavy atom. The molecule has 1 aromatic rings. The average molecular weight is 673 g/mol. The van der Waals surface area contributed by atoms with Gasteiger partial charge in [-0.2, -0.15) is 0 Å². The summed E-state index contributed by atoms with van der Waals surface area (Å²) in [6, 6.07) is 3.84. The summed E-state index contributed by atoms with van der Waals surface area (Å²) < 4.78 is 28.0. The molecule has 0 aliphatic rings. The minimum Gasteiger partial charge on any atom is -0.401 e. The summed E-state index contributed by atoms with van der Waals surface area (Å²) in [6.45, 7) is 36.8. The SMILES string of the molecule is C.C=C(C)S/C(C(=CCC)c1c(F)cccc1F)=C(\C)N.C=C/C=C(\C=C/C)N(CCC)CCC.C=CC=C.CC.CC/C=C\CC. The van der Waals surface area contributed by atoms with E-state index in [0.717, 1.165) is 18.0 Å². The third kappa shape index (κ3) is 28.6. The monoisotopic (exact) mass is 673 g/mol. The van der Waals surface area contributed by atoms with E-state index < -0.39 is 11.6 Å². The lowest BCUT2D eigenvalue weighted by Crippen LogP contribution is -2.23. The van der Waals surface area contributed by atoms with E-state index in [4.69, 9.17) is 5.73 Å². The predicted octanol–water partition coefficient (Wildman–Crippen LogP) is 14.4. The van der Waals surface area contributed by atoms with Gasteiger partial charge in [0.1, 0.15) is 11.6 Å². The Kier molecular flexibility index (Phi) is 44.0. The molecule has 0 spiro atoms. The number of benzene rings is 1. The molecular formula is C42H70F2N2S. The van der Waals surface area contributed by atoms with Gasteiger partial charge in [0.15, 0.2) is 0 Å². The number of nitrogens with two attached hydrogens (primary N) is 1. The molecule has 268 valence electrons. The van der Waals surface area contributed by atoms with Crippen molar-refractivity contribution in [2.75, 3.05) is 13.1 Å². The lowest BCUT2D eigenvalue weighted by Gasteiger charge is -2.24. The quantitative estimate of drug-likeness (QED) is 0.148. The van der Waals surface area contributed by atoms with Crippen LogP contribution in [0, 0.1) is 11.6 Å². The van der Waals surface area contributed by atoms with Crippen molar-refractivity contribution in [1.82, 2.24) is 4.90 Å². The van der Waals surface area contributed by atoms with Crippen molar-refractivity contribution in [1.29, 1.82) is 0 Å². The molecule has 0 heterocycles. The van der Waals surface area contributed by atoms with E-state index in [2.05, 4.69) is 89.3 Å². The van der Waals surface area contributed by atoms with Crippen LogP contribution in [0.3, 0.4) is 0 Å². The first kappa shape index (κ1) is 53.2. The molecule has 0 unspecified atom stereocenters. The largest absolute Gasteiger partial charge is 0.401 e. The van der Waals surface area contributed by atoms with Crippen molar-refractivity contribution in [3.63, 3.8) is 0 Å². The van der Waals surface area contributed by atoms with E-state index in [1.54, 1.807) is 25.2 Å². The average Bonchev–Trinajstić information content (AvgIpc) is 3.03. The summed E-state index contributed by atoms with van der Waals surface area (Å²) in [5.74, 6) is -1.18. The zero-order valence-corrected chi connectivity index (χ0v) is 31.7. The summed E-state index contributed by atoms with van der Waals surface area (Å²) in [4.78, 5) is 3.86. The van der Waals surface area contributed by atoms with Gasteiger partial charge < -0.3 is 10.6 Å². The van der Waals surface area contributed by atoms with Gasteiger partial charge in [-0.05, 0) is 87.6 Å². The van der Waals surface area contributed by atoms with Crippen LogP contribution in [0.5, 0.6) is 0 Å². The Morgan fingerprint density at radius 2 is 1.32 bits per heavy atom. The van der Waals surface area contributed by atoms with Gasteiger partial charge in [-0.25, -0.2) is 8.78 Å². The molecule has 2 nitrogen and oxygen atoms in total. The Morgan fingerprint density at radius 3 is 1.62 bits per heavy atom. The van der Waals surface area contributed by atoms with Crippen molar-refractivity contribution in [3.8, 4) is 0 Å². The van der Waals surface area contributed by atoms with Crippen LogP contribution in [0.25, 0.3) is 5.57 Å². The van der Waals surface area contributed by atoms with E-state index in [9.17, 15) is 8.78 Å². The van der Waals surface area contributed by atoms with Crippen molar-refractivity contribution in [2.45, 2.75) is 109 Å². The first-order valence-electron chi connectivity index (χ1n) is 16.5. The molecule has 0 amide bonds. The number of rotatable bonds is 15. The van der Waals surface area contributed by atoms with Crippen molar-refractivity contribution in [2.24, 2.45) is 5.73 Å². The highest BCUT2D eigenvalue weighted by Gasteiger charge is 2.18. The normalized spacial score (nSPS) is 11.1. The maximum Gasteiger partial charge on any atom is 0.134 e. The number of thioether (sulfide) groups is 1. The summed E-state index contributed by atoms with van der Waals surface area (Å²) in [7, 11) is 0. The molecule has 0 radical (unpaired) electrons. The maximum absolute atomic E-state index is 14.0. The fourth-order valence-electron chi connectivity index (χ4n) is 3.59. The number of allylic oxidation sites excluding steroid dienone is 12. The maximum atomic E-state index is 14.0. The molecule has 1 aromatic carbocycles. The number of nitrogens with zero attached hydrogens (tertiary/aromatic N) is 1. The fourth-order valence-corrected chi connectivity index (χ4v) is 4.40. The molecular weight excluding hydrogens is 603 g/mol. The Labute approximate surface area is 295 Å². The van der Waals surface area contributed by atoms with Crippen LogP contribution in [0.4, 0.5) is 8.78 Å². The summed E-state index contributed by atoms with van der Waals surface area (Å²) in [5.41, 5.74) is 8.11. The van der Waals surface area contributed by atoms with Gasteiger partial charge in [0.05, 0.1) is 5.56 Å². The molecule has 0 saturated heterocycles. The molecule has 0 saturated carbocycles. The van der Waals surface area contributed by atoms with Gasteiger partial charge in [0.25, 0.3) is 0 Å². The van der Waals surface area contributed by atoms with Gasteiger partial charge in [-0.3, -0.25) is 0 Å². The molecule has 0 fully saturated rings. The van der Waals surface area contributed by atoms with Crippen LogP contribution < -0.4 is 5.73 Å². The molecule has 0 aliphatic carbocycles. The standard InChI is InChI=1S/C16H19F2NS.C13H23N.C6H12.C4H6.C2H6.CH4/c1-5-7-12(16(11(4)19)20-10(2)3)15-13(17)8-6-9-14(15)18;1-5-9-13(10-6-2)14(11-7-3)12-8-4;1-3-5-6-4-2;1-3-4-2;1-2;/h6-9H,2,5,19H2,1,3-4H3;5-6,9-10H,1,7-8,11-12H2,2-4H3;5-6H,3-4H2,1-2H3;3-4H,1-2H2;1-2H3;1H4/b12-7?,16-11+;10-6-,13-9+;6-5-;;;. The summed E-state index contributed by atoms with van der Waals surface area (Å²) in [5, 5.41) is 0. The molecule has 5 heteroatoms. The van der Waals surface area contributed by atoms with Gasteiger partial charge >= 0.3 is 0 Å². The van der Waals surface area contributed by atoms with Crippen molar-refractivity contribution in [3.05, 3.63) is 138 Å². The van der Waals surface area contributed by atoms with E-state index in [0.29, 0.717) is 22.6 Å². The summed E-state index contributed by atoms with van der Waals surface area (Å²) in [6.07, 6.45) is 22.9. The molecule has 0 bridgehead atoms. The molecule has 0 atom stereocenters. The van der Waals surface area contributed by atoms with E-state index in [-0.39, 0.29) is 13.0 Å². The molecule has 47 heavy (non-hydrogen) atoms. The third-order valence-electron chi connectivity index (χ3n) is 5.30. The van der Waals surface area contributed by atoms with Crippen molar-refractivity contribution >= 4 is 17.3 Å². The highest BCUT2D eigenvalue weighted by Crippen LogP contribution is 2.38. The van der Waals surface area contributed by atoms with Gasteiger partial charge in [-0.1, -0.05) is 143 Å². The molecule has 2 N–H and O–H groups in total. The topological polar surface area (TPSA) is 29.3 Å². The Hall–Kier alpha value is -3.31. The highest BCUT2D eigenvalue weighted by molar-refractivity contribution is 8.07. The Bertz CT molecular complexity index is 1070. The summed E-state index contributed by atoms with van der Waals surface area (Å²) >= 11 is 1.33. The van der Waals surface area contributed by atoms with Gasteiger partial charge in [0.2, 0.25) is 0 Å². The predicted molar refractivity (Wildman–Crippen MR) is 217 cm³/mol. The smallest absolute Gasteiger partial charge is 0.134 e. The second-order valence-corrected chi connectivity index (χ2v) is 10.8. The van der Waals surface area contributed by atoms with Crippen LogP contribution in [0.15, 0.2) is 120 Å². The first-order chi connectivity index (χ1) is 22.0. The van der Waals surface area contributed by atoms with Crippen molar-refractivity contribution < 1.29 is 8.78 Å². The van der Waals surface area contributed by atoms with Gasteiger partial charge in [-0.15, -0.1) is 0 Å². The second-order valence-electron chi connectivity index (χ2n) is 9.51. The highest BCUT2D eigenvalue weighted by atomic mass is 32.2. The van der Waals surface area contributed by atoms with Crippen LogP contribution >= 0.6 is 11.8 Å². The van der Waals surface area contributed by atoms with E-state index >= 15 is 0 Å².